The molecule has 18 heavy (non-hydrogen) atoms. The molecule has 1 aromatic carbocycles. The minimum absolute atomic E-state index is 0.170. The van der Waals surface area contributed by atoms with Crippen molar-refractivity contribution in [2.45, 2.75) is 4.90 Å². The zero-order chi connectivity index (χ0) is 13.0. The number of pyridine rings is 1. The fourth-order valence-corrected chi connectivity index (χ4v) is 2.46. The van der Waals surface area contributed by atoms with E-state index < -0.39 is 10.0 Å². The normalized spacial score (nSPS) is 10.9. The van der Waals surface area contributed by atoms with E-state index in [4.69, 9.17) is 4.74 Å². The molecule has 0 aliphatic rings. The van der Waals surface area contributed by atoms with Gasteiger partial charge in [-0.25, -0.2) is 13.4 Å². The summed E-state index contributed by atoms with van der Waals surface area (Å²) in [6, 6.07) is 11.4. The van der Waals surface area contributed by atoms with Gasteiger partial charge in [0, 0.05) is 6.20 Å². The highest BCUT2D eigenvalue weighted by Crippen LogP contribution is 2.23. The second-order valence-corrected chi connectivity index (χ2v) is 5.16. The van der Waals surface area contributed by atoms with Crippen LogP contribution in [-0.2, 0) is 10.0 Å². The maximum atomic E-state index is 12.1. The van der Waals surface area contributed by atoms with Gasteiger partial charge in [-0.2, -0.15) is 0 Å². The zero-order valence-corrected chi connectivity index (χ0v) is 10.5. The molecule has 1 aromatic heterocycles. The smallest absolute Gasteiger partial charge is 0.263 e. The predicted octanol–water partition coefficient (Wildman–Crippen LogP) is 1.89. The van der Waals surface area contributed by atoms with E-state index in [1.807, 2.05) is 0 Å². The molecule has 0 saturated heterocycles. The molecule has 6 heteroatoms. The SMILES string of the molecule is COc1cccnc1NS(=O)(=O)c1ccccc1. The fourth-order valence-electron chi connectivity index (χ4n) is 1.42. The van der Waals surface area contributed by atoms with E-state index in [1.165, 1.54) is 25.4 Å². The van der Waals surface area contributed by atoms with Gasteiger partial charge in [0.25, 0.3) is 10.0 Å². The lowest BCUT2D eigenvalue weighted by molar-refractivity contribution is 0.415. The van der Waals surface area contributed by atoms with Crippen LogP contribution >= 0.6 is 0 Å². The van der Waals surface area contributed by atoms with Gasteiger partial charge in [0.15, 0.2) is 11.6 Å². The Morgan fingerprint density at radius 3 is 2.50 bits per heavy atom. The Morgan fingerprint density at radius 2 is 1.83 bits per heavy atom. The van der Waals surface area contributed by atoms with Crippen LogP contribution in [0.5, 0.6) is 5.75 Å². The van der Waals surface area contributed by atoms with Crippen LogP contribution in [0.2, 0.25) is 0 Å². The Balaban J connectivity index is 2.34. The second kappa shape index (κ2) is 5.05. The van der Waals surface area contributed by atoms with Gasteiger partial charge in [-0.3, -0.25) is 4.72 Å². The second-order valence-electron chi connectivity index (χ2n) is 3.47. The molecule has 1 heterocycles. The van der Waals surface area contributed by atoms with Gasteiger partial charge in [-0.1, -0.05) is 18.2 Å². The molecule has 2 rings (SSSR count). The Morgan fingerprint density at radius 1 is 1.11 bits per heavy atom. The van der Waals surface area contributed by atoms with E-state index in [0.717, 1.165) is 0 Å². The monoisotopic (exact) mass is 264 g/mol. The minimum Gasteiger partial charge on any atom is -0.493 e. The number of hydrogen-bond acceptors (Lipinski definition) is 4. The van der Waals surface area contributed by atoms with Gasteiger partial charge < -0.3 is 4.74 Å². The van der Waals surface area contributed by atoms with Crippen molar-refractivity contribution in [3.8, 4) is 5.75 Å². The molecule has 0 bridgehead atoms. The van der Waals surface area contributed by atoms with Gasteiger partial charge in [0.05, 0.1) is 12.0 Å². The molecule has 0 spiro atoms. The van der Waals surface area contributed by atoms with E-state index in [9.17, 15) is 8.42 Å². The average molecular weight is 264 g/mol. The summed E-state index contributed by atoms with van der Waals surface area (Å²) in [5.41, 5.74) is 0. The van der Waals surface area contributed by atoms with Crippen LogP contribution in [0.3, 0.4) is 0 Å². The van der Waals surface area contributed by atoms with Crippen LogP contribution in [0, 0.1) is 0 Å². The highest BCUT2D eigenvalue weighted by atomic mass is 32.2. The molecule has 0 aliphatic carbocycles. The molecule has 0 atom stereocenters. The highest BCUT2D eigenvalue weighted by Gasteiger charge is 2.16. The van der Waals surface area contributed by atoms with Gasteiger partial charge in [-0.15, -0.1) is 0 Å². The Bertz CT molecular complexity index is 627. The van der Waals surface area contributed by atoms with Crippen molar-refractivity contribution in [2.24, 2.45) is 0 Å². The third-order valence-electron chi connectivity index (χ3n) is 2.28. The average Bonchev–Trinajstić information content (AvgIpc) is 2.40. The van der Waals surface area contributed by atoms with Gasteiger partial charge in [0.2, 0.25) is 0 Å². The first-order valence-electron chi connectivity index (χ1n) is 5.20. The lowest BCUT2D eigenvalue weighted by atomic mass is 10.4. The first-order valence-corrected chi connectivity index (χ1v) is 6.68. The Labute approximate surface area is 105 Å². The van der Waals surface area contributed by atoms with Gasteiger partial charge >= 0.3 is 0 Å². The van der Waals surface area contributed by atoms with E-state index in [2.05, 4.69) is 9.71 Å². The van der Waals surface area contributed by atoms with Crippen molar-refractivity contribution in [3.05, 3.63) is 48.7 Å². The largest absolute Gasteiger partial charge is 0.493 e. The lowest BCUT2D eigenvalue weighted by Crippen LogP contribution is -2.14. The number of methoxy groups -OCH3 is 1. The third kappa shape index (κ3) is 2.60. The number of aromatic nitrogens is 1. The molecular formula is C12H12N2O3S. The molecule has 5 nitrogen and oxygen atoms in total. The molecule has 0 fully saturated rings. The van der Waals surface area contributed by atoms with Gasteiger partial charge in [-0.05, 0) is 24.3 Å². The maximum Gasteiger partial charge on any atom is 0.263 e. The summed E-state index contributed by atoms with van der Waals surface area (Å²) in [6.45, 7) is 0. The van der Waals surface area contributed by atoms with Crippen molar-refractivity contribution in [1.29, 1.82) is 0 Å². The fraction of sp³-hybridized carbons (Fsp3) is 0.0833. The third-order valence-corrected chi connectivity index (χ3v) is 3.63. The van der Waals surface area contributed by atoms with Crippen molar-refractivity contribution in [3.63, 3.8) is 0 Å². The van der Waals surface area contributed by atoms with Crippen molar-refractivity contribution >= 4 is 15.8 Å². The Hall–Kier alpha value is -2.08. The van der Waals surface area contributed by atoms with E-state index in [0.29, 0.717) is 5.75 Å². The quantitative estimate of drug-likeness (QED) is 0.915. The van der Waals surface area contributed by atoms with E-state index in [-0.39, 0.29) is 10.7 Å². The number of nitrogens with one attached hydrogen (secondary N) is 1. The molecular weight excluding hydrogens is 252 g/mol. The molecule has 1 N–H and O–H groups in total. The standard InChI is InChI=1S/C12H12N2O3S/c1-17-11-8-5-9-13-12(11)14-18(15,16)10-6-3-2-4-7-10/h2-9H,1H3,(H,13,14). The van der Waals surface area contributed by atoms with Crippen molar-refractivity contribution in [2.75, 3.05) is 11.8 Å². The number of hydrogen-bond donors (Lipinski definition) is 1. The molecule has 0 unspecified atom stereocenters. The summed E-state index contributed by atoms with van der Waals surface area (Å²) in [4.78, 5) is 4.12. The first kappa shape index (κ1) is 12.4. The van der Waals surface area contributed by atoms with Crippen LogP contribution in [0.4, 0.5) is 5.82 Å². The maximum absolute atomic E-state index is 12.1. The number of sulfonamides is 1. The lowest BCUT2D eigenvalue weighted by Gasteiger charge is -2.10. The summed E-state index contributed by atoms with van der Waals surface area (Å²) >= 11 is 0. The van der Waals surface area contributed by atoms with Crippen LogP contribution in [-0.4, -0.2) is 20.5 Å². The molecule has 0 saturated carbocycles. The molecule has 94 valence electrons. The molecule has 0 radical (unpaired) electrons. The zero-order valence-electron chi connectivity index (χ0n) is 9.70. The summed E-state index contributed by atoms with van der Waals surface area (Å²) in [6.07, 6.45) is 1.49. The Kier molecular flexibility index (Phi) is 3.47. The van der Waals surface area contributed by atoms with E-state index in [1.54, 1.807) is 30.3 Å². The predicted molar refractivity (Wildman–Crippen MR) is 68.0 cm³/mol. The number of nitrogens with zero attached hydrogens (tertiary/aromatic N) is 1. The summed E-state index contributed by atoms with van der Waals surface area (Å²) in [5.74, 6) is 0.542. The topological polar surface area (TPSA) is 68.3 Å². The van der Waals surface area contributed by atoms with Crippen LogP contribution in [0.1, 0.15) is 0 Å². The summed E-state index contributed by atoms with van der Waals surface area (Å²) in [5, 5.41) is 0. The van der Waals surface area contributed by atoms with Crippen molar-refractivity contribution in [1.82, 2.24) is 4.98 Å². The van der Waals surface area contributed by atoms with E-state index >= 15 is 0 Å². The van der Waals surface area contributed by atoms with Crippen LogP contribution in [0.15, 0.2) is 53.6 Å². The number of anilines is 1. The van der Waals surface area contributed by atoms with Crippen molar-refractivity contribution < 1.29 is 13.2 Å². The number of benzene rings is 1. The first-order chi connectivity index (χ1) is 8.63. The minimum atomic E-state index is -3.64. The summed E-state index contributed by atoms with van der Waals surface area (Å²) < 4.78 is 31.6. The van der Waals surface area contributed by atoms with Gasteiger partial charge in [0.1, 0.15) is 0 Å². The number of ether oxygens (including phenoxy) is 1. The molecule has 0 amide bonds. The van der Waals surface area contributed by atoms with Crippen LogP contribution in [0.25, 0.3) is 0 Å². The van der Waals surface area contributed by atoms with Crippen LogP contribution < -0.4 is 9.46 Å². The molecule has 0 aliphatic heterocycles. The molecule has 2 aromatic rings. The summed E-state index contributed by atoms with van der Waals surface area (Å²) in [7, 11) is -2.18. The number of rotatable bonds is 4. The highest BCUT2D eigenvalue weighted by molar-refractivity contribution is 7.92.